The number of rotatable bonds is 3. The molecule has 232 valence electrons. The van der Waals surface area contributed by atoms with Crippen LogP contribution >= 0.6 is 0 Å². The van der Waals surface area contributed by atoms with E-state index < -0.39 is 75.8 Å². The van der Waals surface area contributed by atoms with Crippen molar-refractivity contribution in [3.05, 3.63) is 29.3 Å². The summed E-state index contributed by atoms with van der Waals surface area (Å²) in [7, 11) is 3.71. The highest BCUT2D eigenvalue weighted by Crippen LogP contribution is 2.44. The SMILES string of the molecule is CN(C)C1(C)CN(c2nc3c4c(nc(-c5cc(N)cc(F)c5C(F)(F)F)c(F)c4n2)OC(C(F)(F)F)CCN=CCN3)C1. The Labute approximate surface area is 239 Å². The number of benzene rings is 1. The fourth-order valence-corrected chi connectivity index (χ4v) is 4.88. The predicted molar refractivity (Wildman–Crippen MR) is 143 cm³/mol. The lowest BCUT2D eigenvalue weighted by Gasteiger charge is -2.51. The van der Waals surface area contributed by atoms with Gasteiger partial charge in [0.2, 0.25) is 11.8 Å². The van der Waals surface area contributed by atoms with Gasteiger partial charge in [-0.05, 0) is 33.2 Å². The number of ether oxygens (including phenoxy) is 1. The zero-order valence-corrected chi connectivity index (χ0v) is 23.0. The van der Waals surface area contributed by atoms with E-state index in [1.165, 1.54) is 6.21 Å². The van der Waals surface area contributed by atoms with Crippen molar-refractivity contribution in [1.82, 2.24) is 19.9 Å². The highest BCUT2D eigenvalue weighted by Gasteiger charge is 2.45. The second-order valence-electron chi connectivity index (χ2n) is 10.8. The number of halogens is 8. The Kier molecular flexibility index (Phi) is 7.51. The molecular formula is C26H26F8N8O. The van der Waals surface area contributed by atoms with Gasteiger partial charge in [0.25, 0.3) is 0 Å². The number of alkyl halides is 6. The number of hydrogen-bond acceptors (Lipinski definition) is 9. The van der Waals surface area contributed by atoms with Crippen molar-refractivity contribution in [3.63, 3.8) is 0 Å². The number of nitrogen functional groups attached to an aromatic ring is 1. The van der Waals surface area contributed by atoms with Crippen LogP contribution in [0.15, 0.2) is 17.1 Å². The summed E-state index contributed by atoms with van der Waals surface area (Å²) in [5, 5.41) is 2.40. The van der Waals surface area contributed by atoms with Crippen LogP contribution in [0.2, 0.25) is 0 Å². The summed E-state index contributed by atoms with van der Waals surface area (Å²) in [4.78, 5) is 19.9. The molecule has 1 unspecified atom stereocenters. The van der Waals surface area contributed by atoms with Gasteiger partial charge < -0.3 is 25.6 Å². The third-order valence-corrected chi connectivity index (χ3v) is 7.45. The van der Waals surface area contributed by atoms with E-state index >= 15 is 4.39 Å². The van der Waals surface area contributed by atoms with Crippen LogP contribution in [0.1, 0.15) is 18.9 Å². The average molecular weight is 619 g/mol. The van der Waals surface area contributed by atoms with Crippen LogP contribution in [0.5, 0.6) is 5.88 Å². The van der Waals surface area contributed by atoms with Gasteiger partial charge in [0.15, 0.2) is 11.9 Å². The van der Waals surface area contributed by atoms with Gasteiger partial charge in [0.05, 0.1) is 12.1 Å². The van der Waals surface area contributed by atoms with Crippen LogP contribution < -0.4 is 20.7 Å². The number of nitrogens with zero attached hydrogens (tertiary/aromatic N) is 6. The van der Waals surface area contributed by atoms with E-state index in [9.17, 15) is 30.7 Å². The number of pyridine rings is 1. The van der Waals surface area contributed by atoms with Crippen LogP contribution in [-0.4, -0.2) is 84.2 Å². The Morgan fingerprint density at radius 1 is 1.07 bits per heavy atom. The molecular weight excluding hydrogens is 592 g/mol. The maximum absolute atomic E-state index is 16.3. The molecule has 1 atom stereocenters. The van der Waals surface area contributed by atoms with E-state index in [1.54, 1.807) is 4.90 Å². The van der Waals surface area contributed by atoms with E-state index in [0.29, 0.717) is 25.2 Å². The molecule has 0 aliphatic carbocycles. The first kappa shape index (κ1) is 30.4. The number of aliphatic imine (C=N–C) groups is 1. The first-order valence-corrected chi connectivity index (χ1v) is 13.0. The Morgan fingerprint density at radius 2 is 1.77 bits per heavy atom. The van der Waals surface area contributed by atoms with Crippen molar-refractivity contribution in [3.8, 4) is 17.1 Å². The minimum atomic E-state index is -5.35. The fourth-order valence-electron chi connectivity index (χ4n) is 4.88. The quantitative estimate of drug-likeness (QED) is 0.316. The molecule has 5 rings (SSSR count). The van der Waals surface area contributed by atoms with E-state index in [2.05, 4.69) is 25.3 Å². The zero-order valence-electron chi connectivity index (χ0n) is 23.0. The van der Waals surface area contributed by atoms with Gasteiger partial charge in [-0.1, -0.05) is 0 Å². The molecule has 17 heteroatoms. The van der Waals surface area contributed by atoms with Gasteiger partial charge in [-0.2, -0.15) is 31.3 Å². The highest BCUT2D eigenvalue weighted by atomic mass is 19.4. The maximum Gasteiger partial charge on any atom is 0.425 e. The van der Waals surface area contributed by atoms with E-state index in [-0.39, 0.29) is 30.4 Å². The molecule has 1 fully saturated rings. The molecule has 0 saturated carbocycles. The summed E-state index contributed by atoms with van der Waals surface area (Å²) in [6.45, 7) is 2.35. The van der Waals surface area contributed by atoms with Gasteiger partial charge in [0.1, 0.15) is 33.8 Å². The summed E-state index contributed by atoms with van der Waals surface area (Å²) in [6.07, 6.45) is -12.2. The van der Waals surface area contributed by atoms with Crippen molar-refractivity contribution in [2.75, 3.05) is 56.2 Å². The fraction of sp³-hybridized carbons (Fsp3) is 0.462. The maximum atomic E-state index is 16.3. The number of likely N-dealkylation sites (N-methyl/N-ethyl adjacent to an activating group) is 1. The average Bonchev–Trinajstić information content (AvgIpc) is 2.90. The molecule has 3 N–H and O–H groups in total. The van der Waals surface area contributed by atoms with Crippen LogP contribution in [0.3, 0.4) is 0 Å². The van der Waals surface area contributed by atoms with Gasteiger partial charge >= 0.3 is 12.4 Å². The van der Waals surface area contributed by atoms with Gasteiger partial charge in [-0.3, -0.25) is 4.99 Å². The first-order valence-electron chi connectivity index (χ1n) is 13.0. The minimum absolute atomic E-state index is 0.0425. The molecule has 2 aliphatic heterocycles. The van der Waals surface area contributed by atoms with Crippen molar-refractivity contribution in [2.45, 2.75) is 37.3 Å². The van der Waals surface area contributed by atoms with E-state index in [4.69, 9.17) is 10.5 Å². The van der Waals surface area contributed by atoms with Crippen LogP contribution in [0, 0.1) is 11.6 Å². The highest BCUT2D eigenvalue weighted by molar-refractivity contribution is 5.97. The van der Waals surface area contributed by atoms with Crippen molar-refractivity contribution in [2.24, 2.45) is 4.99 Å². The smallest absolute Gasteiger partial charge is 0.425 e. The minimum Gasteiger partial charge on any atom is -0.464 e. The molecule has 1 aromatic carbocycles. The molecule has 0 bridgehead atoms. The molecule has 43 heavy (non-hydrogen) atoms. The summed E-state index contributed by atoms with van der Waals surface area (Å²) < 4.78 is 120. The first-order chi connectivity index (χ1) is 20.0. The van der Waals surface area contributed by atoms with Gasteiger partial charge in [-0.15, -0.1) is 0 Å². The van der Waals surface area contributed by atoms with Gasteiger partial charge in [-0.25, -0.2) is 18.7 Å². The Balaban J connectivity index is 1.82. The predicted octanol–water partition coefficient (Wildman–Crippen LogP) is 4.91. The lowest BCUT2D eigenvalue weighted by atomic mass is 9.91. The Bertz CT molecular complexity index is 1580. The molecule has 0 amide bonds. The molecule has 1 saturated heterocycles. The zero-order chi connectivity index (χ0) is 31.5. The Hall–Kier alpha value is -4.02. The van der Waals surface area contributed by atoms with Crippen molar-refractivity contribution < 1.29 is 39.9 Å². The lowest BCUT2D eigenvalue weighted by Crippen LogP contribution is -2.67. The van der Waals surface area contributed by atoms with Crippen LogP contribution in [-0.2, 0) is 6.18 Å². The van der Waals surface area contributed by atoms with Gasteiger partial charge in [0, 0.05) is 43.5 Å². The monoisotopic (exact) mass is 618 g/mol. The van der Waals surface area contributed by atoms with Crippen LogP contribution in [0.25, 0.3) is 22.2 Å². The molecule has 0 spiro atoms. The van der Waals surface area contributed by atoms with Crippen LogP contribution in [0.4, 0.5) is 52.6 Å². The number of nitrogens with one attached hydrogen (secondary N) is 1. The summed E-state index contributed by atoms with van der Waals surface area (Å²) in [6, 6.07) is 1.03. The van der Waals surface area contributed by atoms with Crippen molar-refractivity contribution >= 4 is 34.6 Å². The third kappa shape index (κ3) is 5.69. The summed E-state index contributed by atoms with van der Waals surface area (Å²) >= 11 is 0. The molecule has 9 nitrogen and oxygen atoms in total. The summed E-state index contributed by atoms with van der Waals surface area (Å²) in [5.74, 6) is -4.42. The number of anilines is 3. The number of nitrogens with two attached hydrogens (primary N) is 1. The largest absolute Gasteiger partial charge is 0.464 e. The van der Waals surface area contributed by atoms with E-state index in [0.717, 1.165) is 0 Å². The second-order valence-corrected chi connectivity index (χ2v) is 10.8. The standard InChI is InChI=1S/C26H26F8N8O/c1-24(41(2)3)10-42(11-24)23-39-20-16-21(40-23)37-7-6-36-5-4-15(25(29,30)31)43-22(16)38-19(18(20)28)13-8-12(35)9-14(27)17(13)26(32,33)34/h6,8-9,15H,4-5,7,10-11,35H2,1-3H3,(H,37,39,40). The molecule has 2 aromatic heterocycles. The Morgan fingerprint density at radius 3 is 2.40 bits per heavy atom. The topological polar surface area (TPSA) is 105 Å². The number of hydrogen-bond donors (Lipinski definition) is 2. The molecule has 4 heterocycles. The molecule has 0 radical (unpaired) electrons. The molecule has 2 aliphatic rings. The van der Waals surface area contributed by atoms with Crippen molar-refractivity contribution in [1.29, 1.82) is 0 Å². The second kappa shape index (κ2) is 10.6. The molecule has 3 aromatic rings. The number of aromatic nitrogens is 3. The lowest BCUT2D eigenvalue weighted by molar-refractivity contribution is -0.196. The third-order valence-electron chi connectivity index (χ3n) is 7.45. The van der Waals surface area contributed by atoms with E-state index in [1.807, 2.05) is 25.9 Å². The summed E-state index contributed by atoms with van der Waals surface area (Å²) in [5.41, 5.74) is -0.0893. The normalized spacial score (nSPS) is 19.1.